The van der Waals surface area contributed by atoms with E-state index in [0.29, 0.717) is 13.0 Å². The first kappa shape index (κ1) is 16.5. The van der Waals surface area contributed by atoms with Crippen LogP contribution >= 0.6 is 0 Å². The first-order valence-electron chi connectivity index (χ1n) is 6.74. The molecule has 1 aromatic rings. The quantitative estimate of drug-likeness (QED) is 0.797. The summed E-state index contributed by atoms with van der Waals surface area (Å²) in [6.45, 7) is 1.94. The zero-order chi connectivity index (χ0) is 15.7. The fraction of sp³-hybridized carbons (Fsp3) is 0.400. The van der Waals surface area contributed by atoms with Crippen molar-refractivity contribution < 1.29 is 14.7 Å². The Morgan fingerprint density at radius 1 is 1.38 bits per heavy atom. The Morgan fingerprint density at radius 2 is 2.05 bits per heavy atom. The molecule has 21 heavy (non-hydrogen) atoms. The van der Waals surface area contributed by atoms with Gasteiger partial charge in [-0.25, -0.2) is 9.59 Å². The van der Waals surface area contributed by atoms with Crippen molar-refractivity contribution in [2.75, 3.05) is 13.1 Å². The number of hydrogen-bond donors (Lipinski definition) is 2. The van der Waals surface area contributed by atoms with Crippen LogP contribution < -0.4 is 5.32 Å². The number of aliphatic carboxylic acids is 1. The van der Waals surface area contributed by atoms with Crippen LogP contribution in [0.3, 0.4) is 0 Å². The van der Waals surface area contributed by atoms with E-state index in [1.807, 2.05) is 36.4 Å². The lowest BCUT2D eigenvalue weighted by Gasteiger charge is -2.25. The van der Waals surface area contributed by atoms with Crippen LogP contribution in [0.4, 0.5) is 4.79 Å². The highest BCUT2D eigenvalue weighted by Crippen LogP contribution is 2.03. The Labute approximate surface area is 124 Å². The number of hydrogen-bond acceptors (Lipinski definition) is 3. The molecule has 0 aliphatic rings. The van der Waals surface area contributed by atoms with Crippen molar-refractivity contribution in [2.24, 2.45) is 0 Å². The van der Waals surface area contributed by atoms with Gasteiger partial charge in [-0.15, -0.1) is 0 Å². The van der Waals surface area contributed by atoms with Crippen molar-refractivity contribution in [1.29, 1.82) is 5.26 Å². The molecule has 0 aliphatic carbocycles. The Hall–Kier alpha value is -2.55. The van der Waals surface area contributed by atoms with Crippen LogP contribution in [0.2, 0.25) is 0 Å². The van der Waals surface area contributed by atoms with E-state index in [4.69, 9.17) is 10.4 Å². The van der Waals surface area contributed by atoms with Gasteiger partial charge in [-0.1, -0.05) is 30.3 Å². The average Bonchev–Trinajstić information content (AvgIpc) is 2.48. The van der Waals surface area contributed by atoms with Crippen molar-refractivity contribution in [1.82, 2.24) is 10.2 Å². The van der Waals surface area contributed by atoms with Gasteiger partial charge in [0.2, 0.25) is 0 Å². The molecule has 0 aromatic heterocycles. The minimum absolute atomic E-state index is 0.0984. The van der Waals surface area contributed by atoms with E-state index < -0.39 is 18.0 Å². The molecule has 6 nitrogen and oxygen atoms in total. The molecule has 0 heterocycles. The van der Waals surface area contributed by atoms with Gasteiger partial charge in [0.25, 0.3) is 0 Å². The third-order valence-corrected chi connectivity index (χ3v) is 3.08. The van der Waals surface area contributed by atoms with Gasteiger partial charge in [-0.3, -0.25) is 0 Å². The number of carbonyl (C=O) groups is 2. The predicted molar refractivity (Wildman–Crippen MR) is 77.6 cm³/mol. The first-order chi connectivity index (χ1) is 10.1. The Morgan fingerprint density at radius 3 is 2.62 bits per heavy atom. The number of nitrogens with one attached hydrogen (secondary N) is 1. The normalized spacial score (nSPS) is 11.2. The second kappa shape index (κ2) is 8.59. The lowest BCUT2D eigenvalue weighted by molar-refractivity contribution is -0.141. The molecule has 0 radical (unpaired) electrons. The molecular weight excluding hydrogens is 270 g/mol. The highest BCUT2D eigenvalue weighted by Gasteiger charge is 2.24. The van der Waals surface area contributed by atoms with Crippen LogP contribution in [-0.4, -0.2) is 41.1 Å². The molecule has 0 saturated carbocycles. The van der Waals surface area contributed by atoms with E-state index in [-0.39, 0.29) is 13.0 Å². The summed E-state index contributed by atoms with van der Waals surface area (Å²) in [6.07, 6.45) is 0.768. The van der Waals surface area contributed by atoms with Crippen molar-refractivity contribution in [3.8, 4) is 6.07 Å². The van der Waals surface area contributed by atoms with E-state index in [9.17, 15) is 9.59 Å². The van der Waals surface area contributed by atoms with Gasteiger partial charge in [0, 0.05) is 13.1 Å². The molecule has 2 N–H and O–H groups in total. The van der Waals surface area contributed by atoms with Gasteiger partial charge in [0.1, 0.15) is 6.04 Å². The maximum absolute atomic E-state index is 12.0. The van der Waals surface area contributed by atoms with E-state index in [2.05, 4.69) is 5.32 Å². The van der Waals surface area contributed by atoms with Crippen LogP contribution in [-0.2, 0) is 11.2 Å². The fourth-order valence-electron chi connectivity index (χ4n) is 1.83. The highest BCUT2D eigenvalue weighted by atomic mass is 16.4. The largest absolute Gasteiger partial charge is 0.480 e. The summed E-state index contributed by atoms with van der Waals surface area (Å²) >= 11 is 0. The maximum Gasteiger partial charge on any atom is 0.326 e. The van der Waals surface area contributed by atoms with Crippen LogP contribution in [0.15, 0.2) is 30.3 Å². The monoisotopic (exact) mass is 289 g/mol. The summed E-state index contributed by atoms with van der Waals surface area (Å²) in [5.41, 5.74) is 1.09. The Balaban J connectivity index is 2.52. The zero-order valence-corrected chi connectivity index (χ0v) is 12.0. The SMILES string of the molecule is CC(C(=O)O)N(CCC#N)C(=O)NCCc1ccccc1. The van der Waals surface area contributed by atoms with E-state index >= 15 is 0 Å². The maximum atomic E-state index is 12.0. The average molecular weight is 289 g/mol. The smallest absolute Gasteiger partial charge is 0.326 e. The summed E-state index contributed by atoms with van der Waals surface area (Å²) in [5, 5.41) is 20.3. The lowest BCUT2D eigenvalue weighted by atomic mass is 10.1. The number of carboxylic acid groups (broad SMARTS) is 1. The Bertz CT molecular complexity index is 511. The molecule has 1 unspecified atom stereocenters. The molecule has 1 rings (SSSR count). The predicted octanol–water partition coefficient (Wildman–Crippen LogP) is 1.63. The number of carboxylic acids is 1. The zero-order valence-electron chi connectivity index (χ0n) is 12.0. The summed E-state index contributed by atoms with van der Waals surface area (Å²) in [7, 11) is 0. The summed E-state index contributed by atoms with van der Waals surface area (Å²) < 4.78 is 0. The van der Waals surface area contributed by atoms with Crippen molar-refractivity contribution in [3.05, 3.63) is 35.9 Å². The third kappa shape index (κ3) is 5.53. The number of nitrogens with zero attached hydrogens (tertiary/aromatic N) is 2. The van der Waals surface area contributed by atoms with E-state index in [1.54, 1.807) is 0 Å². The summed E-state index contributed by atoms with van der Waals surface area (Å²) in [5.74, 6) is -1.09. The van der Waals surface area contributed by atoms with Crippen molar-refractivity contribution >= 4 is 12.0 Å². The van der Waals surface area contributed by atoms with Gasteiger partial charge >= 0.3 is 12.0 Å². The number of amides is 2. The number of carbonyl (C=O) groups excluding carboxylic acids is 1. The van der Waals surface area contributed by atoms with Crippen LogP contribution in [0.5, 0.6) is 0 Å². The Kier molecular flexibility index (Phi) is 6.75. The topological polar surface area (TPSA) is 93.4 Å². The van der Waals surface area contributed by atoms with Crippen molar-refractivity contribution in [3.63, 3.8) is 0 Å². The van der Waals surface area contributed by atoms with E-state index in [0.717, 1.165) is 10.5 Å². The number of rotatable bonds is 7. The molecule has 1 aromatic carbocycles. The summed E-state index contributed by atoms with van der Waals surface area (Å²) in [6, 6.07) is 10.2. The molecular formula is C15H19N3O3. The molecule has 0 aliphatic heterocycles. The standard InChI is InChI=1S/C15H19N3O3/c1-12(14(19)20)18(11-5-9-16)15(21)17-10-8-13-6-3-2-4-7-13/h2-4,6-7,12H,5,8,10-11H2,1H3,(H,17,21)(H,19,20). The first-order valence-corrected chi connectivity index (χ1v) is 6.74. The minimum Gasteiger partial charge on any atom is -0.480 e. The molecule has 2 amide bonds. The second-order valence-corrected chi connectivity index (χ2v) is 4.58. The minimum atomic E-state index is -1.09. The fourth-order valence-corrected chi connectivity index (χ4v) is 1.83. The van der Waals surface area contributed by atoms with Crippen LogP contribution in [0.25, 0.3) is 0 Å². The van der Waals surface area contributed by atoms with Crippen molar-refractivity contribution in [2.45, 2.75) is 25.8 Å². The molecule has 0 spiro atoms. The number of benzene rings is 1. The summed E-state index contributed by atoms with van der Waals surface area (Å²) in [4.78, 5) is 24.2. The molecule has 0 fully saturated rings. The van der Waals surface area contributed by atoms with Crippen LogP contribution in [0, 0.1) is 11.3 Å². The number of nitriles is 1. The lowest BCUT2D eigenvalue weighted by Crippen LogP contribution is -2.49. The third-order valence-electron chi connectivity index (χ3n) is 3.08. The molecule has 1 atom stereocenters. The van der Waals surface area contributed by atoms with E-state index in [1.165, 1.54) is 6.92 Å². The van der Waals surface area contributed by atoms with Gasteiger partial charge in [-0.05, 0) is 18.9 Å². The van der Waals surface area contributed by atoms with Gasteiger partial charge in [-0.2, -0.15) is 5.26 Å². The molecule has 0 saturated heterocycles. The molecule has 6 heteroatoms. The molecule has 112 valence electrons. The molecule has 0 bridgehead atoms. The second-order valence-electron chi connectivity index (χ2n) is 4.58. The van der Waals surface area contributed by atoms with Gasteiger partial charge in [0.15, 0.2) is 0 Å². The van der Waals surface area contributed by atoms with Gasteiger partial charge < -0.3 is 15.3 Å². The highest BCUT2D eigenvalue weighted by molar-refractivity contribution is 5.82. The van der Waals surface area contributed by atoms with Gasteiger partial charge in [0.05, 0.1) is 12.5 Å². The number of urea groups is 1. The van der Waals surface area contributed by atoms with Crippen LogP contribution in [0.1, 0.15) is 18.9 Å².